The number of alkyl carbamates (subject to hydrolysis) is 1. The van der Waals surface area contributed by atoms with E-state index in [1.54, 1.807) is 45.3 Å². The molecule has 4 N–H and O–H groups in total. The summed E-state index contributed by atoms with van der Waals surface area (Å²) in [5.74, 6) is -0.452. The Bertz CT molecular complexity index is 809. The molecule has 0 radical (unpaired) electrons. The van der Waals surface area contributed by atoms with E-state index in [1.807, 2.05) is 0 Å². The summed E-state index contributed by atoms with van der Waals surface area (Å²) in [5, 5.41) is 7.92. The number of H-pyrrole nitrogens is 1. The molecule has 1 aromatic carbocycles. The zero-order valence-corrected chi connectivity index (χ0v) is 15.7. The van der Waals surface area contributed by atoms with E-state index in [0.29, 0.717) is 18.7 Å². The van der Waals surface area contributed by atoms with Gasteiger partial charge >= 0.3 is 6.09 Å². The van der Waals surface area contributed by atoms with E-state index in [4.69, 9.17) is 4.74 Å². The molecule has 0 aliphatic heterocycles. The predicted molar refractivity (Wildman–Crippen MR) is 100 cm³/mol. The molecule has 9 heteroatoms. The number of imidazole rings is 1. The Morgan fingerprint density at radius 3 is 2.56 bits per heavy atom. The molecule has 1 heterocycles. The molecule has 0 bridgehead atoms. The number of benzene rings is 1. The number of fused-ring (bicyclic) bond motifs is 1. The molecule has 0 aliphatic rings. The average molecular weight is 375 g/mol. The van der Waals surface area contributed by atoms with Crippen LogP contribution in [-0.4, -0.2) is 53.1 Å². The lowest BCUT2D eigenvalue weighted by atomic mass is 10.2. The van der Waals surface area contributed by atoms with Crippen molar-refractivity contribution in [3.05, 3.63) is 30.1 Å². The second-order valence-corrected chi connectivity index (χ2v) is 6.92. The quantitative estimate of drug-likeness (QED) is 0.543. The van der Waals surface area contributed by atoms with Crippen LogP contribution in [0.15, 0.2) is 24.5 Å². The van der Waals surface area contributed by atoms with E-state index in [9.17, 15) is 14.4 Å². The number of aromatic nitrogens is 2. The highest BCUT2D eigenvalue weighted by Crippen LogP contribution is 2.11. The van der Waals surface area contributed by atoms with Gasteiger partial charge in [0.15, 0.2) is 0 Å². The molecule has 0 spiro atoms. The highest BCUT2D eigenvalue weighted by atomic mass is 16.6. The highest BCUT2D eigenvalue weighted by molar-refractivity contribution is 5.97. The smallest absolute Gasteiger partial charge is 0.407 e. The van der Waals surface area contributed by atoms with Crippen molar-refractivity contribution in [3.63, 3.8) is 0 Å². The van der Waals surface area contributed by atoms with E-state index in [-0.39, 0.29) is 24.8 Å². The Kier molecular flexibility index (Phi) is 6.75. The maximum atomic E-state index is 12.1. The number of ether oxygens (including phenoxy) is 1. The number of hydrogen-bond donors (Lipinski definition) is 4. The molecule has 0 fully saturated rings. The zero-order chi connectivity index (χ0) is 19.9. The van der Waals surface area contributed by atoms with Crippen molar-refractivity contribution in [2.45, 2.75) is 32.8 Å². The van der Waals surface area contributed by atoms with Crippen molar-refractivity contribution in [3.8, 4) is 0 Å². The number of aromatic amines is 1. The van der Waals surface area contributed by atoms with Crippen LogP contribution in [0.1, 0.15) is 37.6 Å². The number of nitrogens with zero attached hydrogens (tertiary/aromatic N) is 1. The first kappa shape index (κ1) is 20.2. The number of hydrogen-bond acceptors (Lipinski definition) is 5. The third kappa shape index (κ3) is 6.96. The first-order valence-electron chi connectivity index (χ1n) is 8.69. The number of rotatable bonds is 7. The molecule has 0 atom stereocenters. The Balaban J connectivity index is 1.61. The van der Waals surface area contributed by atoms with E-state index >= 15 is 0 Å². The van der Waals surface area contributed by atoms with Crippen LogP contribution < -0.4 is 16.0 Å². The van der Waals surface area contributed by atoms with Crippen LogP contribution in [0, 0.1) is 0 Å². The van der Waals surface area contributed by atoms with Gasteiger partial charge in [0.05, 0.1) is 17.4 Å². The van der Waals surface area contributed by atoms with Gasteiger partial charge in [-0.15, -0.1) is 0 Å². The first-order valence-corrected chi connectivity index (χ1v) is 8.69. The summed E-state index contributed by atoms with van der Waals surface area (Å²) in [5.41, 5.74) is 1.51. The minimum atomic E-state index is -0.577. The monoisotopic (exact) mass is 375 g/mol. The molecular weight excluding hydrogens is 350 g/mol. The maximum absolute atomic E-state index is 12.1. The van der Waals surface area contributed by atoms with Crippen LogP contribution in [0.3, 0.4) is 0 Å². The van der Waals surface area contributed by atoms with Crippen molar-refractivity contribution in [1.29, 1.82) is 0 Å². The fourth-order valence-electron chi connectivity index (χ4n) is 2.24. The molecule has 1 aromatic heterocycles. The van der Waals surface area contributed by atoms with Gasteiger partial charge in [0.2, 0.25) is 5.91 Å². The van der Waals surface area contributed by atoms with Gasteiger partial charge in [-0.1, -0.05) is 0 Å². The highest BCUT2D eigenvalue weighted by Gasteiger charge is 2.15. The van der Waals surface area contributed by atoms with Gasteiger partial charge in [-0.05, 0) is 39.0 Å². The number of carbonyl (C=O) groups excluding carboxylic acids is 3. The Hall–Kier alpha value is -3.10. The minimum Gasteiger partial charge on any atom is -0.444 e. The van der Waals surface area contributed by atoms with Crippen LogP contribution in [0.5, 0.6) is 0 Å². The Morgan fingerprint density at radius 1 is 1.07 bits per heavy atom. The van der Waals surface area contributed by atoms with E-state index in [0.717, 1.165) is 11.0 Å². The summed E-state index contributed by atoms with van der Waals surface area (Å²) < 4.78 is 5.07. The van der Waals surface area contributed by atoms with Gasteiger partial charge in [-0.3, -0.25) is 9.59 Å². The molecule has 146 valence electrons. The van der Waals surface area contributed by atoms with Gasteiger partial charge in [0.1, 0.15) is 5.60 Å². The molecule has 0 aliphatic carbocycles. The molecule has 0 unspecified atom stereocenters. The van der Waals surface area contributed by atoms with Crippen molar-refractivity contribution < 1.29 is 19.1 Å². The summed E-state index contributed by atoms with van der Waals surface area (Å²) >= 11 is 0. The molecule has 0 saturated carbocycles. The van der Waals surface area contributed by atoms with Crippen LogP contribution >= 0.6 is 0 Å². The molecule has 2 aromatic rings. The van der Waals surface area contributed by atoms with Crippen molar-refractivity contribution in [2.24, 2.45) is 0 Å². The Labute approximate surface area is 157 Å². The molecule has 9 nitrogen and oxygen atoms in total. The average Bonchev–Trinajstić information content (AvgIpc) is 3.04. The van der Waals surface area contributed by atoms with Crippen LogP contribution in [0.4, 0.5) is 4.79 Å². The third-order valence-electron chi connectivity index (χ3n) is 3.44. The van der Waals surface area contributed by atoms with Gasteiger partial charge in [0, 0.05) is 31.6 Å². The van der Waals surface area contributed by atoms with Crippen LogP contribution in [0.25, 0.3) is 11.0 Å². The van der Waals surface area contributed by atoms with Crippen LogP contribution in [0.2, 0.25) is 0 Å². The van der Waals surface area contributed by atoms with Crippen LogP contribution in [-0.2, 0) is 9.53 Å². The second-order valence-electron chi connectivity index (χ2n) is 6.92. The SMILES string of the molecule is CC(C)(C)OC(=O)NCCC(=O)NCCNC(=O)c1ccc2nc[nH]c2c1. The van der Waals surface area contributed by atoms with Gasteiger partial charge < -0.3 is 25.7 Å². The summed E-state index contributed by atoms with van der Waals surface area (Å²) in [7, 11) is 0. The standard InChI is InChI=1S/C18H25N5O4/c1-18(2,3)27-17(26)21-7-6-15(24)19-8-9-20-16(25)12-4-5-13-14(10-12)23-11-22-13/h4-5,10-11H,6-9H2,1-3H3,(H,19,24)(H,20,25)(H,21,26)(H,22,23). The maximum Gasteiger partial charge on any atom is 0.407 e. The number of nitrogens with one attached hydrogen (secondary N) is 4. The summed E-state index contributed by atoms with van der Waals surface area (Å²) in [6.45, 7) is 6.06. The predicted octanol–water partition coefficient (Wildman–Crippen LogP) is 1.32. The Morgan fingerprint density at radius 2 is 1.81 bits per heavy atom. The third-order valence-corrected chi connectivity index (χ3v) is 3.44. The normalized spacial score (nSPS) is 11.1. The zero-order valence-electron chi connectivity index (χ0n) is 15.7. The van der Waals surface area contributed by atoms with E-state index in [2.05, 4.69) is 25.9 Å². The minimum absolute atomic E-state index is 0.129. The van der Waals surface area contributed by atoms with Crippen molar-refractivity contribution in [1.82, 2.24) is 25.9 Å². The summed E-state index contributed by atoms with van der Waals surface area (Å²) in [6.07, 6.45) is 1.14. The molecule has 27 heavy (non-hydrogen) atoms. The van der Waals surface area contributed by atoms with Crippen molar-refractivity contribution >= 4 is 28.9 Å². The topological polar surface area (TPSA) is 125 Å². The molecule has 0 saturated heterocycles. The summed E-state index contributed by atoms with van der Waals surface area (Å²) in [6, 6.07) is 5.18. The summed E-state index contributed by atoms with van der Waals surface area (Å²) in [4.78, 5) is 42.3. The fourth-order valence-corrected chi connectivity index (χ4v) is 2.24. The lowest BCUT2D eigenvalue weighted by Gasteiger charge is -2.19. The molecule has 3 amide bonds. The van der Waals surface area contributed by atoms with Gasteiger partial charge in [-0.2, -0.15) is 0 Å². The second kappa shape index (κ2) is 9.02. The number of amides is 3. The number of carbonyl (C=O) groups is 3. The lowest BCUT2D eigenvalue weighted by molar-refractivity contribution is -0.120. The van der Waals surface area contributed by atoms with Crippen molar-refractivity contribution in [2.75, 3.05) is 19.6 Å². The van der Waals surface area contributed by atoms with Gasteiger partial charge in [-0.25, -0.2) is 9.78 Å². The van der Waals surface area contributed by atoms with Gasteiger partial charge in [0.25, 0.3) is 5.91 Å². The fraction of sp³-hybridized carbons (Fsp3) is 0.444. The largest absolute Gasteiger partial charge is 0.444 e. The first-order chi connectivity index (χ1) is 12.7. The van der Waals surface area contributed by atoms with E-state index < -0.39 is 11.7 Å². The lowest BCUT2D eigenvalue weighted by Crippen LogP contribution is -2.37. The molecule has 2 rings (SSSR count). The van der Waals surface area contributed by atoms with E-state index in [1.165, 1.54) is 0 Å². The molecular formula is C18H25N5O4.